The summed E-state index contributed by atoms with van der Waals surface area (Å²) in [6.45, 7) is -0.150. The number of hydrogen-bond donors (Lipinski definition) is 2. The molecular weight excluding hydrogens is 335 g/mol. The number of carbonyl (C=O) groups excluding carboxylic acids is 1. The number of hydrazone groups is 1. The van der Waals surface area contributed by atoms with Crippen molar-refractivity contribution < 1.29 is 22.7 Å². The molecule has 1 aromatic rings. The zero-order chi connectivity index (χ0) is 17.6. The standard InChI is InChI=1S/C17H18F3N3O2/c18-17(19,20)12-7-11(14-8-25-16(24)23-22-14)5-6-13(12)21-15(9-1-2-9)10-3-4-10/h5-7,9-10,15,21H,1-4,8H2,(H,23,24). The molecule has 1 aliphatic heterocycles. The molecule has 0 saturated heterocycles. The van der Waals surface area contributed by atoms with Crippen LogP contribution in [0.4, 0.5) is 23.7 Å². The van der Waals surface area contributed by atoms with Gasteiger partial charge < -0.3 is 10.1 Å². The monoisotopic (exact) mass is 353 g/mol. The maximum atomic E-state index is 13.6. The molecule has 0 spiro atoms. The van der Waals surface area contributed by atoms with Gasteiger partial charge in [0.1, 0.15) is 12.3 Å². The summed E-state index contributed by atoms with van der Waals surface area (Å²) in [5.74, 6) is 0.971. The van der Waals surface area contributed by atoms with Crippen molar-refractivity contribution in [3.8, 4) is 0 Å². The van der Waals surface area contributed by atoms with Gasteiger partial charge in [0.15, 0.2) is 0 Å². The van der Waals surface area contributed by atoms with Crippen molar-refractivity contribution in [1.82, 2.24) is 5.43 Å². The van der Waals surface area contributed by atoms with E-state index in [1.165, 1.54) is 6.07 Å². The maximum Gasteiger partial charge on any atom is 0.428 e. The normalized spacial score (nSPS) is 20.8. The van der Waals surface area contributed by atoms with Crippen LogP contribution in [0.5, 0.6) is 0 Å². The molecule has 0 atom stereocenters. The number of amides is 1. The zero-order valence-electron chi connectivity index (χ0n) is 13.4. The Morgan fingerprint density at radius 3 is 2.40 bits per heavy atom. The van der Waals surface area contributed by atoms with E-state index in [0.717, 1.165) is 31.7 Å². The molecule has 25 heavy (non-hydrogen) atoms. The lowest BCUT2D eigenvalue weighted by atomic mass is 10.0. The van der Waals surface area contributed by atoms with Crippen LogP contribution in [0.3, 0.4) is 0 Å². The van der Waals surface area contributed by atoms with Crippen molar-refractivity contribution >= 4 is 17.5 Å². The molecule has 1 amide bonds. The van der Waals surface area contributed by atoms with Crippen LogP contribution in [-0.2, 0) is 10.9 Å². The van der Waals surface area contributed by atoms with Crippen LogP contribution in [0.15, 0.2) is 23.3 Å². The van der Waals surface area contributed by atoms with Crippen LogP contribution in [-0.4, -0.2) is 24.5 Å². The van der Waals surface area contributed by atoms with E-state index in [0.29, 0.717) is 11.8 Å². The average Bonchev–Trinajstić information content (AvgIpc) is 3.46. The van der Waals surface area contributed by atoms with E-state index in [9.17, 15) is 18.0 Å². The molecule has 1 aromatic carbocycles. The molecule has 2 N–H and O–H groups in total. The number of halogens is 3. The molecule has 2 aliphatic carbocycles. The fraction of sp³-hybridized carbons (Fsp3) is 0.529. The van der Waals surface area contributed by atoms with E-state index in [2.05, 4.69) is 15.8 Å². The zero-order valence-corrected chi connectivity index (χ0v) is 13.4. The Bertz CT molecular complexity index is 712. The number of alkyl halides is 3. The van der Waals surface area contributed by atoms with Crippen molar-refractivity contribution in [2.45, 2.75) is 37.9 Å². The Morgan fingerprint density at radius 1 is 1.20 bits per heavy atom. The second-order valence-corrected chi connectivity index (χ2v) is 6.85. The molecular formula is C17H18F3N3O2. The van der Waals surface area contributed by atoms with Crippen LogP contribution in [0, 0.1) is 11.8 Å². The molecule has 0 unspecified atom stereocenters. The number of hydrogen-bond acceptors (Lipinski definition) is 4. The molecule has 4 rings (SSSR count). The largest absolute Gasteiger partial charge is 0.442 e. The molecule has 1 heterocycles. The van der Waals surface area contributed by atoms with Crippen molar-refractivity contribution in [3.63, 3.8) is 0 Å². The van der Waals surface area contributed by atoms with E-state index in [-0.39, 0.29) is 29.6 Å². The van der Waals surface area contributed by atoms with Gasteiger partial charge in [-0.2, -0.15) is 18.3 Å². The molecule has 3 aliphatic rings. The molecule has 0 radical (unpaired) electrons. The van der Waals surface area contributed by atoms with Crippen molar-refractivity contribution in [2.75, 3.05) is 11.9 Å². The van der Waals surface area contributed by atoms with Crippen LogP contribution in [0.2, 0.25) is 0 Å². The molecule has 0 aromatic heterocycles. The van der Waals surface area contributed by atoms with E-state index in [4.69, 9.17) is 4.74 Å². The topological polar surface area (TPSA) is 62.7 Å². The third-order valence-electron chi connectivity index (χ3n) is 4.86. The molecule has 2 fully saturated rings. The summed E-state index contributed by atoms with van der Waals surface area (Å²) in [6, 6.07) is 4.23. The van der Waals surface area contributed by atoms with Crippen molar-refractivity contribution in [1.29, 1.82) is 0 Å². The van der Waals surface area contributed by atoms with Gasteiger partial charge in [-0.05, 0) is 49.7 Å². The number of ether oxygens (including phenoxy) is 1. The number of nitrogens with one attached hydrogen (secondary N) is 2. The second-order valence-electron chi connectivity index (χ2n) is 6.85. The highest BCUT2D eigenvalue weighted by molar-refractivity contribution is 6.04. The molecule has 0 bridgehead atoms. The van der Waals surface area contributed by atoms with Crippen molar-refractivity contribution in [3.05, 3.63) is 29.3 Å². The Labute approximate surface area is 142 Å². The highest BCUT2D eigenvalue weighted by Crippen LogP contribution is 2.47. The Morgan fingerprint density at radius 2 is 1.88 bits per heavy atom. The molecule has 5 nitrogen and oxygen atoms in total. The van der Waals surface area contributed by atoms with Gasteiger partial charge >= 0.3 is 12.3 Å². The number of cyclic esters (lactones) is 1. The molecule has 2 saturated carbocycles. The highest BCUT2D eigenvalue weighted by Gasteiger charge is 2.43. The second kappa shape index (κ2) is 5.93. The minimum atomic E-state index is -4.48. The minimum absolute atomic E-state index is 0.112. The van der Waals surface area contributed by atoms with Gasteiger partial charge in [-0.3, -0.25) is 0 Å². The summed E-state index contributed by atoms with van der Waals surface area (Å²) in [4.78, 5) is 11.0. The van der Waals surface area contributed by atoms with Gasteiger partial charge in [0.25, 0.3) is 0 Å². The van der Waals surface area contributed by atoms with Gasteiger partial charge in [0, 0.05) is 17.3 Å². The highest BCUT2D eigenvalue weighted by atomic mass is 19.4. The number of rotatable bonds is 5. The first kappa shape index (κ1) is 16.2. The van der Waals surface area contributed by atoms with Crippen LogP contribution in [0.25, 0.3) is 0 Å². The lowest BCUT2D eigenvalue weighted by Gasteiger charge is -2.23. The van der Waals surface area contributed by atoms with Gasteiger partial charge in [-0.25, -0.2) is 10.2 Å². The van der Waals surface area contributed by atoms with Crippen LogP contribution >= 0.6 is 0 Å². The maximum absolute atomic E-state index is 13.6. The first-order chi connectivity index (χ1) is 11.9. The van der Waals surface area contributed by atoms with Gasteiger partial charge in [0.05, 0.1) is 5.56 Å². The lowest BCUT2D eigenvalue weighted by molar-refractivity contribution is -0.137. The van der Waals surface area contributed by atoms with Gasteiger partial charge in [-0.15, -0.1) is 0 Å². The fourth-order valence-corrected chi connectivity index (χ4v) is 3.25. The predicted molar refractivity (Wildman–Crippen MR) is 85.3 cm³/mol. The van der Waals surface area contributed by atoms with E-state index in [1.807, 2.05) is 0 Å². The Balaban J connectivity index is 1.63. The Hall–Kier alpha value is -2.25. The number of nitrogens with zero attached hydrogens (tertiary/aromatic N) is 1. The average molecular weight is 353 g/mol. The summed E-state index contributed by atoms with van der Waals surface area (Å²) < 4.78 is 45.4. The molecule has 134 valence electrons. The number of anilines is 1. The third-order valence-corrected chi connectivity index (χ3v) is 4.86. The Kier molecular flexibility index (Phi) is 3.85. The van der Waals surface area contributed by atoms with Crippen molar-refractivity contribution in [2.24, 2.45) is 16.9 Å². The number of benzene rings is 1. The van der Waals surface area contributed by atoms with E-state index < -0.39 is 17.8 Å². The lowest BCUT2D eigenvalue weighted by Crippen LogP contribution is -2.31. The minimum Gasteiger partial charge on any atom is -0.442 e. The van der Waals surface area contributed by atoms with Crippen LogP contribution in [0.1, 0.15) is 36.8 Å². The predicted octanol–water partition coefficient (Wildman–Crippen LogP) is 3.75. The van der Waals surface area contributed by atoms with E-state index in [1.54, 1.807) is 6.07 Å². The fourth-order valence-electron chi connectivity index (χ4n) is 3.25. The first-order valence-electron chi connectivity index (χ1n) is 8.39. The summed E-state index contributed by atoms with van der Waals surface area (Å²) in [5, 5.41) is 6.93. The quantitative estimate of drug-likeness (QED) is 0.847. The van der Waals surface area contributed by atoms with Gasteiger partial charge in [-0.1, -0.05) is 6.07 Å². The summed E-state index contributed by atoms with van der Waals surface area (Å²) >= 11 is 0. The first-order valence-corrected chi connectivity index (χ1v) is 8.39. The summed E-state index contributed by atoms with van der Waals surface area (Å²) in [7, 11) is 0. The van der Waals surface area contributed by atoms with E-state index >= 15 is 0 Å². The molecule has 8 heteroatoms. The van der Waals surface area contributed by atoms with Gasteiger partial charge in [0.2, 0.25) is 0 Å². The summed E-state index contributed by atoms with van der Waals surface area (Å²) in [5.41, 5.74) is 2.06. The smallest absolute Gasteiger partial charge is 0.428 e. The van der Waals surface area contributed by atoms with Crippen LogP contribution < -0.4 is 10.7 Å². The SMILES string of the molecule is O=C1NN=C(c2ccc(NC(C3CC3)C3CC3)c(C(F)(F)F)c2)CO1. The number of carbonyl (C=O) groups is 1. The summed E-state index contributed by atoms with van der Waals surface area (Å²) in [6.07, 6.45) is -0.851. The third kappa shape index (κ3) is 3.57.